The molecular weight excluding hydrogens is 142 g/mol. The van der Waals surface area contributed by atoms with E-state index in [-0.39, 0.29) is 17.3 Å². The largest absolute Gasteiger partial charge is 0.505 e. The van der Waals surface area contributed by atoms with Crippen LogP contribution < -0.4 is 5.73 Å². The van der Waals surface area contributed by atoms with Crippen LogP contribution in [0.1, 0.15) is 11.3 Å². The number of aromatic hydroxyl groups is 1. The quantitative estimate of drug-likeness (QED) is 0.564. The summed E-state index contributed by atoms with van der Waals surface area (Å²) in [5.41, 5.74) is 6.03. The van der Waals surface area contributed by atoms with Gasteiger partial charge >= 0.3 is 0 Å². The second kappa shape index (κ2) is 2.46. The molecule has 0 aromatic carbocycles. The number of anilines is 1. The summed E-state index contributed by atoms with van der Waals surface area (Å²) in [6.45, 7) is 1.71. The standard InChI is InChI=1S/C7H7N3O/c1-4-2-6(11)5(3-8)10-7(4)9/h2,11H,1H3,(H2,9,10). The molecule has 0 aliphatic rings. The van der Waals surface area contributed by atoms with Crippen LogP contribution >= 0.6 is 0 Å². The van der Waals surface area contributed by atoms with Gasteiger partial charge in [-0.1, -0.05) is 0 Å². The van der Waals surface area contributed by atoms with Gasteiger partial charge in [0.15, 0.2) is 11.4 Å². The summed E-state index contributed by atoms with van der Waals surface area (Å²) in [6, 6.07) is 3.14. The average molecular weight is 149 g/mol. The molecule has 0 saturated carbocycles. The highest BCUT2D eigenvalue weighted by atomic mass is 16.3. The van der Waals surface area contributed by atoms with Gasteiger partial charge in [-0.15, -0.1) is 0 Å². The lowest BCUT2D eigenvalue weighted by Crippen LogP contribution is -1.96. The van der Waals surface area contributed by atoms with E-state index in [0.717, 1.165) is 0 Å². The smallest absolute Gasteiger partial charge is 0.184 e. The molecule has 4 nitrogen and oxygen atoms in total. The molecule has 11 heavy (non-hydrogen) atoms. The van der Waals surface area contributed by atoms with Crippen LogP contribution in [0.2, 0.25) is 0 Å². The van der Waals surface area contributed by atoms with Gasteiger partial charge in [0.25, 0.3) is 0 Å². The summed E-state index contributed by atoms with van der Waals surface area (Å²) in [4.78, 5) is 3.66. The van der Waals surface area contributed by atoms with Crippen LogP contribution in [0.4, 0.5) is 5.82 Å². The van der Waals surface area contributed by atoms with E-state index in [1.165, 1.54) is 6.07 Å². The minimum Gasteiger partial charge on any atom is -0.505 e. The molecule has 0 radical (unpaired) electrons. The molecule has 1 aromatic heterocycles. The van der Waals surface area contributed by atoms with Crippen molar-refractivity contribution in [3.05, 3.63) is 17.3 Å². The zero-order chi connectivity index (χ0) is 8.43. The fraction of sp³-hybridized carbons (Fsp3) is 0.143. The Morgan fingerprint density at radius 1 is 1.73 bits per heavy atom. The van der Waals surface area contributed by atoms with E-state index in [1.807, 2.05) is 0 Å². The van der Waals surface area contributed by atoms with Crippen molar-refractivity contribution in [2.45, 2.75) is 6.92 Å². The Morgan fingerprint density at radius 2 is 2.36 bits per heavy atom. The molecule has 1 aromatic rings. The Bertz CT molecular complexity index is 327. The van der Waals surface area contributed by atoms with E-state index < -0.39 is 0 Å². The Labute approximate surface area is 63.9 Å². The molecule has 0 bridgehead atoms. The van der Waals surface area contributed by atoms with Gasteiger partial charge in [0.2, 0.25) is 0 Å². The number of pyridine rings is 1. The second-order valence-corrected chi connectivity index (χ2v) is 2.17. The number of aromatic nitrogens is 1. The van der Waals surface area contributed by atoms with E-state index in [0.29, 0.717) is 5.56 Å². The molecule has 0 saturated heterocycles. The van der Waals surface area contributed by atoms with Crippen molar-refractivity contribution in [2.75, 3.05) is 5.73 Å². The third kappa shape index (κ3) is 1.22. The van der Waals surface area contributed by atoms with Crippen LogP contribution in [0, 0.1) is 18.3 Å². The van der Waals surface area contributed by atoms with E-state index in [4.69, 9.17) is 16.1 Å². The third-order valence-electron chi connectivity index (χ3n) is 1.34. The lowest BCUT2D eigenvalue weighted by molar-refractivity contribution is 0.470. The molecule has 1 heterocycles. The van der Waals surface area contributed by atoms with Crippen LogP contribution in [0.15, 0.2) is 6.07 Å². The van der Waals surface area contributed by atoms with Gasteiger partial charge in [-0.3, -0.25) is 0 Å². The molecular formula is C7H7N3O. The molecule has 0 spiro atoms. The van der Waals surface area contributed by atoms with Gasteiger partial charge < -0.3 is 10.8 Å². The van der Waals surface area contributed by atoms with Crippen LogP contribution in [0.25, 0.3) is 0 Å². The van der Waals surface area contributed by atoms with E-state index in [9.17, 15) is 0 Å². The SMILES string of the molecule is Cc1cc(O)c(C#N)nc1N. The molecule has 1 rings (SSSR count). The van der Waals surface area contributed by atoms with Gasteiger partial charge in [0.1, 0.15) is 11.9 Å². The monoisotopic (exact) mass is 149 g/mol. The molecule has 0 aliphatic carbocycles. The predicted molar refractivity (Wildman–Crippen MR) is 39.8 cm³/mol. The zero-order valence-electron chi connectivity index (χ0n) is 6.00. The topological polar surface area (TPSA) is 82.9 Å². The van der Waals surface area contributed by atoms with E-state index in [1.54, 1.807) is 13.0 Å². The number of aryl methyl sites for hydroxylation is 1. The molecule has 0 fully saturated rings. The highest BCUT2D eigenvalue weighted by Crippen LogP contribution is 2.18. The molecule has 3 N–H and O–H groups in total. The van der Waals surface area contributed by atoms with Crippen molar-refractivity contribution >= 4 is 5.82 Å². The number of nitrogens with two attached hydrogens (primary N) is 1. The van der Waals surface area contributed by atoms with Crippen molar-refractivity contribution < 1.29 is 5.11 Å². The van der Waals surface area contributed by atoms with Gasteiger partial charge in [0, 0.05) is 0 Å². The summed E-state index contributed by atoms with van der Waals surface area (Å²) >= 11 is 0. The summed E-state index contributed by atoms with van der Waals surface area (Å²) in [7, 11) is 0. The summed E-state index contributed by atoms with van der Waals surface area (Å²) in [5.74, 6) is 0.151. The van der Waals surface area contributed by atoms with Gasteiger partial charge in [-0.05, 0) is 18.6 Å². The predicted octanol–water partition coefficient (Wildman–Crippen LogP) is 0.550. The zero-order valence-corrected chi connectivity index (χ0v) is 6.00. The highest BCUT2D eigenvalue weighted by molar-refractivity contribution is 5.48. The molecule has 0 aliphatic heterocycles. The highest BCUT2D eigenvalue weighted by Gasteiger charge is 2.04. The number of nitrogens with zero attached hydrogens (tertiary/aromatic N) is 2. The Hall–Kier alpha value is -1.76. The summed E-state index contributed by atoms with van der Waals surface area (Å²) in [6.07, 6.45) is 0. The maximum absolute atomic E-state index is 9.08. The van der Waals surface area contributed by atoms with E-state index >= 15 is 0 Å². The van der Waals surface area contributed by atoms with E-state index in [2.05, 4.69) is 4.98 Å². The summed E-state index contributed by atoms with van der Waals surface area (Å²) < 4.78 is 0. The molecule has 0 unspecified atom stereocenters. The van der Waals surface area contributed by atoms with Crippen molar-refractivity contribution in [1.29, 1.82) is 5.26 Å². The number of hydrogen-bond donors (Lipinski definition) is 2. The molecule has 0 amide bonds. The van der Waals surface area contributed by atoms with Crippen LogP contribution in [0.3, 0.4) is 0 Å². The Balaban J connectivity index is 3.35. The van der Waals surface area contributed by atoms with Crippen molar-refractivity contribution in [3.63, 3.8) is 0 Å². The number of hydrogen-bond acceptors (Lipinski definition) is 4. The Morgan fingerprint density at radius 3 is 2.91 bits per heavy atom. The van der Waals surface area contributed by atoms with Crippen LogP contribution in [-0.4, -0.2) is 10.1 Å². The second-order valence-electron chi connectivity index (χ2n) is 2.17. The summed E-state index contributed by atoms with van der Waals surface area (Å²) in [5, 5.41) is 17.5. The minimum atomic E-state index is -0.126. The lowest BCUT2D eigenvalue weighted by Gasteiger charge is -1.99. The Kier molecular flexibility index (Phi) is 1.65. The number of rotatable bonds is 0. The molecule has 4 heteroatoms. The maximum Gasteiger partial charge on any atom is 0.184 e. The molecule has 0 atom stereocenters. The third-order valence-corrected chi connectivity index (χ3v) is 1.34. The van der Waals surface area contributed by atoms with Crippen LogP contribution in [0.5, 0.6) is 5.75 Å². The van der Waals surface area contributed by atoms with Gasteiger partial charge in [-0.2, -0.15) is 5.26 Å². The van der Waals surface area contributed by atoms with Crippen molar-refractivity contribution in [1.82, 2.24) is 4.98 Å². The lowest BCUT2D eigenvalue weighted by atomic mass is 10.2. The fourth-order valence-electron chi connectivity index (χ4n) is 0.696. The minimum absolute atomic E-state index is 0.0342. The number of nitrogen functional groups attached to an aromatic ring is 1. The van der Waals surface area contributed by atoms with Crippen molar-refractivity contribution in [2.24, 2.45) is 0 Å². The van der Waals surface area contributed by atoms with Gasteiger partial charge in [-0.25, -0.2) is 4.98 Å². The van der Waals surface area contributed by atoms with Crippen molar-refractivity contribution in [3.8, 4) is 11.8 Å². The maximum atomic E-state index is 9.08. The van der Waals surface area contributed by atoms with Crippen LogP contribution in [-0.2, 0) is 0 Å². The average Bonchev–Trinajstić information content (AvgIpc) is 1.97. The normalized spacial score (nSPS) is 9.09. The first kappa shape index (κ1) is 7.35. The van der Waals surface area contributed by atoms with Gasteiger partial charge in [0.05, 0.1) is 0 Å². The number of nitriles is 1. The molecule has 56 valence electrons. The fourth-order valence-corrected chi connectivity index (χ4v) is 0.696. The first-order valence-electron chi connectivity index (χ1n) is 3.01. The first-order valence-corrected chi connectivity index (χ1v) is 3.01. The first-order chi connectivity index (χ1) is 5.15.